The van der Waals surface area contributed by atoms with Gasteiger partial charge in [-0.3, -0.25) is 0 Å². The number of ether oxygens (including phenoxy) is 2. The smallest absolute Gasteiger partial charge is 0.194 e. The number of hydrogen-bond acceptors (Lipinski definition) is 3. The molecule has 5 heteroatoms. The Morgan fingerprint density at radius 3 is 1.59 bits per heavy atom. The van der Waals surface area contributed by atoms with Gasteiger partial charge in [0.2, 0.25) is 0 Å². The predicted molar refractivity (Wildman–Crippen MR) is 138 cm³/mol. The maximum atomic E-state index is 6.57. The number of halogens is 1. The molecule has 0 aliphatic carbocycles. The van der Waals surface area contributed by atoms with E-state index in [4.69, 9.17) is 13.9 Å². The van der Waals surface area contributed by atoms with Crippen LogP contribution in [0.5, 0.6) is 11.5 Å². The molecule has 3 aromatic rings. The van der Waals surface area contributed by atoms with Gasteiger partial charge in [0.15, 0.2) is 8.32 Å². The van der Waals surface area contributed by atoms with Crippen molar-refractivity contribution in [2.45, 2.75) is 57.1 Å². The van der Waals surface area contributed by atoms with Gasteiger partial charge in [-0.2, -0.15) is 0 Å². The molecule has 3 aromatic carbocycles. The molecule has 0 heterocycles. The molecule has 170 valence electrons. The highest BCUT2D eigenvalue weighted by Crippen LogP contribution is 2.42. The largest absolute Gasteiger partial charge is 0.489 e. The van der Waals surface area contributed by atoms with Gasteiger partial charge in [0.05, 0.1) is 0 Å². The summed E-state index contributed by atoms with van der Waals surface area (Å²) in [5.41, 5.74) is 3.23. The Balaban J connectivity index is 1.81. The summed E-state index contributed by atoms with van der Waals surface area (Å²) in [6.45, 7) is 12.2. The normalized spacial score (nSPS) is 12.9. The summed E-state index contributed by atoms with van der Waals surface area (Å²) in [5, 5.41) is -0.115. The standard InChI is InChI=1S/C27H33BrO3Si/c1-27(2,3)32(4,5)31-26(28)23-16-24(29-19-21-12-8-6-9-13-21)18-25(17-23)30-20-22-14-10-7-11-15-22/h6-18,26H,19-20H2,1-5H3/t26-/m0/s1. The van der Waals surface area contributed by atoms with E-state index in [1.165, 1.54) is 0 Å². The van der Waals surface area contributed by atoms with Crippen LogP contribution in [0.2, 0.25) is 18.1 Å². The fraction of sp³-hybridized carbons (Fsp3) is 0.333. The summed E-state index contributed by atoms with van der Waals surface area (Å²) in [5.74, 6) is 1.52. The van der Waals surface area contributed by atoms with Crippen molar-refractivity contribution in [3.8, 4) is 11.5 Å². The van der Waals surface area contributed by atoms with Gasteiger partial charge in [-0.05, 0) is 47.0 Å². The monoisotopic (exact) mass is 512 g/mol. The predicted octanol–water partition coefficient (Wildman–Crippen LogP) is 8.26. The van der Waals surface area contributed by atoms with Crippen LogP contribution in [-0.2, 0) is 17.6 Å². The highest BCUT2D eigenvalue weighted by molar-refractivity contribution is 9.09. The van der Waals surface area contributed by atoms with Gasteiger partial charge >= 0.3 is 0 Å². The van der Waals surface area contributed by atoms with E-state index in [0.29, 0.717) is 13.2 Å². The summed E-state index contributed by atoms with van der Waals surface area (Å²) < 4.78 is 18.8. The van der Waals surface area contributed by atoms with Gasteiger partial charge in [0, 0.05) is 6.07 Å². The van der Waals surface area contributed by atoms with E-state index in [1.54, 1.807) is 0 Å². The number of hydrogen-bond donors (Lipinski definition) is 0. The maximum absolute atomic E-state index is 6.57. The minimum Gasteiger partial charge on any atom is -0.489 e. The highest BCUT2D eigenvalue weighted by Gasteiger charge is 2.39. The summed E-state index contributed by atoms with van der Waals surface area (Å²) >= 11 is 3.78. The van der Waals surface area contributed by atoms with Crippen LogP contribution in [0, 0.1) is 0 Å². The number of rotatable bonds is 9. The minimum absolute atomic E-state index is 0.118. The highest BCUT2D eigenvalue weighted by atomic mass is 79.9. The Morgan fingerprint density at radius 2 is 1.19 bits per heavy atom. The molecular weight excluding hydrogens is 480 g/mol. The van der Waals surface area contributed by atoms with E-state index in [-0.39, 0.29) is 10.1 Å². The molecule has 0 bridgehead atoms. The van der Waals surface area contributed by atoms with Crippen molar-refractivity contribution >= 4 is 24.2 Å². The first-order valence-corrected chi connectivity index (χ1v) is 14.8. The molecule has 0 spiro atoms. The summed E-state index contributed by atoms with van der Waals surface area (Å²) in [6.07, 6.45) is 0. The molecule has 0 saturated carbocycles. The summed E-state index contributed by atoms with van der Waals surface area (Å²) in [7, 11) is -1.96. The van der Waals surface area contributed by atoms with Crippen molar-refractivity contribution in [3.63, 3.8) is 0 Å². The lowest BCUT2D eigenvalue weighted by Gasteiger charge is -2.38. The number of alkyl halides is 1. The lowest BCUT2D eigenvalue weighted by atomic mass is 10.2. The summed E-state index contributed by atoms with van der Waals surface area (Å²) in [4.78, 5) is 0. The zero-order chi connectivity index (χ0) is 23.2. The molecule has 1 atom stereocenters. The van der Waals surface area contributed by atoms with Crippen LogP contribution < -0.4 is 9.47 Å². The quantitative estimate of drug-likeness (QED) is 0.213. The molecule has 0 aliphatic rings. The SMILES string of the molecule is CC(C)(C)[Si](C)(C)O[C@H](Br)c1cc(OCc2ccccc2)cc(OCc2ccccc2)c1. The molecule has 0 radical (unpaired) electrons. The molecule has 0 aliphatic heterocycles. The first-order chi connectivity index (χ1) is 15.1. The second kappa shape index (κ2) is 10.7. The second-order valence-electron chi connectivity index (χ2n) is 9.48. The van der Waals surface area contributed by atoms with Crippen molar-refractivity contribution in [2.24, 2.45) is 0 Å². The molecule has 32 heavy (non-hydrogen) atoms. The first-order valence-electron chi connectivity index (χ1n) is 10.9. The average molecular weight is 514 g/mol. The van der Waals surface area contributed by atoms with Crippen molar-refractivity contribution in [3.05, 3.63) is 95.6 Å². The van der Waals surface area contributed by atoms with Crippen LogP contribution in [0.4, 0.5) is 0 Å². The van der Waals surface area contributed by atoms with Crippen LogP contribution in [0.25, 0.3) is 0 Å². The Kier molecular flexibility index (Phi) is 8.20. The maximum Gasteiger partial charge on any atom is 0.194 e. The van der Waals surface area contributed by atoms with E-state index in [1.807, 2.05) is 54.6 Å². The Hall–Kier alpha value is -2.08. The van der Waals surface area contributed by atoms with Crippen molar-refractivity contribution in [1.29, 1.82) is 0 Å². The van der Waals surface area contributed by atoms with Gasteiger partial charge in [-0.25, -0.2) is 0 Å². The molecule has 3 rings (SSSR count). The zero-order valence-electron chi connectivity index (χ0n) is 19.6. The first kappa shape index (κ1) is 24.6. The van der Waals surface area contributed by atoms with E-state index >= 15 is 0 Å². The van der Waals surface area contributed by atoms with Gasteiger partial charge < -0.3 is 13.9 Å². The Labute approximate surface area is 202 Å². The third-order valence-corrected chi connectivity index (χ3v) is 11.4. The van der Waals surface area contributed by atoms with Crippen molar-refractivity contribution in [2.75, 3.05) is 0 Å². The third-order valence-electron chi connectivity index (χ3n) is 5.87. The molecule has 0 aromatic heterocycles. The Bertz CT molecular complexity index is 923. The van der Waals surface area contributed by atoms with E-state index in [2.05, 4.69) is 74.1 Å². The molecule has 3 nitrogen and oxygen atoms in total. The molecular formula is C27H33BrO3Si. The van der Waals surface area contributed by atoms with E-state index in [9.17, 15) is 0 Å². The van der Waals surface area contributed by atoms with Gasteiger partial charge in [0.25, 0.3) is 0 Å². The lowest BCUT2D eigenvalue weighted by molar-refractivity contribution is 0.265. The van der Waals surface area contributed by atoms with Crippen LogP contribution in [0.3, 0.4) is 0 Å². The zero-order valence-corrected chi connectivity index (χ0v) is 22.2. The van der Waals surface area contributed by atoms with Gasteiger partial charge in [-0.15, -0.1) is 0 Å². The fourth-order valence-corrected chi connectivity index (χ4v) is 5.55. The molecule has 0 amide bonds. The third kappa shape index (κ3) is 6.96. The van der Waals surface area contributed by atoms with Crippen molar-refractivity contribution < 1.29 is 13.9 Å². The fourth-order valence-electron chi connectivity index (χ4n) is 2.88. The second-order valence-corrected chi connectivity index (χ2v) is 15.1. The molecule has 0 unspecified atom stereocenters. The lowest BCUT2D eigenvalue weighted by Crippen LogP contribution is -2.41. The van der Waals surface area contributed by atoms with Crippen LogP contribution in [-0.4, -0.2) is 8.32 Å². The van der Waals surface area contributed by atoms with Crippen LogP contribution in [0.15, 0.2) is 78.9 Å². The Morgan fingerprint density at radius 1 is 0.750 bits per heavy atom. The van der Waals surface area contributed by atoms with Crippen LogP contribution in [0.1, 0.15) is 42.5 Å². The minimum atomic E-state index is -1.96. The molecule has 0 saturated heterocycles. The molecule has 0 N–H and O–H groups in total. The number of benzene rings is 3. The summed E-state index contributed by atoms with van der Waals surface area (Å²) in [6, 6.07) is 26.3. The van der Waals surface area contributed by atoms with E-state index < -0.39 is 8.32 Å². The van der Waals surface area contributed by atoms with Crippen LogP contribution >= 0.6 is 15.9 Å². The van der Waals surface area contributed by atoms with Gasteiger partial charge in [0.1, 0.15) is 29.7 Å². The van der Waals surface area contributed by atoms with Gasteiger partial charge in [-0.1, -0.05) is 97.4 Å². The molecule has 0 fully saturated rings. The van der Waals surface area contributed by atoms with E-state index in [0.717, 1.165) is 28.2 Å². The van der Waals surface area contributed by atoms with Crippen molar-refractivity contribution in [1.82, 2.24) is 0 Å². The average Bonchev–Trinajstić information content (AvgIpc) is 2.76. The topological polar surface area (TPSA) is 27.7 Å².